The molecular weight excluding hydrogens is 398 g/mol. The Kier molecular flexibility index (Phi) is 7.30. The third-order valence-electron chi connectivity index (χ3n) is 4.34. The number of halogens is 2. The van der Waals surface area contributed by atoms with E-state index in [0.29, 0.717) is 6.61 Å². The standard InChI is InChI=1S/C21H22ClNO.BrH/c1-15-5-3-6-16-14-19(9-10-20(15)16)24-12-11-21(23-2)17-7-4-8-18(22)13-17;/h3-10,13-14,21,23H,11-12H2,1-2H3;1H. The van der Waals surface area contributed by atoms with Crippen molar-refractivity contribution >= 4 is 39.4 Å². The summed E-state index contributed by atoms with van der Waals surface area (Å²) in [6.45, 7) is 2.78. The van der Waals surface area contributed by atoms with Gasteiger partial charge in [0, 0.05) is 17.5 Å². The zero-order valence-electron chi connectivity index (χ0n) is 14.5. The molecule has 0 aliphatic rings. The quantitative estimate of drug-likeness (QED) is 0.519. The molecule has 1 unspecified atom stereocenters. The second-order valence-electron chi connectivity index (χ2n) is 5.99. The van der Waals surface area contributed by atoms with E-state index in [1.54, 1.807) is 0 Å². The molecule has 132 valence electrons. The first-order chi connectivity index (χ1) is 11.7. The Bertz CT molecular complexity index is 837. The fourth-order valence-corrected chi connectivity index (χ4v) is 3.21. The van der Waals surface area contributed by atoms with Crippen molar-refractivity contribution in [3.8, 4) is 5.75 Å². The second kappa shape index (κ2) is 9.23. The van der Waals surface area contributed by atoms with Gasteiger partial charge in [0.25, 0.3) is 0 Å². The molecule has 0 heterocycles. The highest BCUT2D eigenvalue weighted by Crippen LogP contribution is 2.25. The maximum absolute atomic E-state index is 6.09. The van der Waals surface area contributed by atoms with Crippen LogP contribution in [0.25, 0.3) is 10.8 Å². The van der Waals surface area contributed by atoms with Gasteiger partial charge >= 0.3 is 0 Å². The molecular formula is C21H23BrClNO. The van der Waals surface area contributed by atoms with E-state index in [-0.39, 0.29) is 23.0 Å². The molecule has 0 bridgehead atoms. The Hall–Kier alpha value is -1.55. The first-order valence-corrected chi connectivity index (χ1v) is 8.60. The van der Waals surface area contributed by atoms with Crippen molar-refractivity contribution in [1.29, 1.82) is 0 Å². The van der Waals surface area contributed by atoms with Gasteiger partial charge in [0.05, 0.1) is 6.61 Å². The number of ether oxygens (including phenoxy) is 1. The van der Waals surface area contributed by atoms with Gasteiger partial charge in [-0.15, -0.1) is 17.0 Å². The SMILES string of the molecule is Br.CNC(CCOc1ccc2c(C)cccc2c1)c1cccc(Cl)c1. The number of rotatable bonds is 6. The van der Waals surface area contributed by atoms with Gasteiger partial charge in [0.1, 0.15) is 5.75 Å². The molecule has 1 N–H and O–H groups in total. The number of nitrogens with one attached hydrogen (secondary N) is 1. The minimum Gasteiger partial charge on any atom is -0.494 e. The largest absolute Gasteiger partial charge is 0.494 e. The Morgan fingerprint density at radius 2 is 1.84 bits per heavy atom. The first kappa shape index (κ1) is 19.8. The summed E-state index contributed by atoms with van der Waals surface area (Å²) in [5.41, 5.74) is 2.47. The number of benzene rings is 3. The van der Waals surface area contributed by atoms with E-state index < -0.39 is 0 Å². The molecule has 0 aliphatic heterocycles. The molecule has 25 heavy (non-hydrogen) atoms. The third-order valence-corrected chi connectivity index (χ3v) is 4.58. The van der Waals surface area contributed by atoms with Crippen LogP contribution in [-0.2, 0) is 0 Å². The summed E-state index contributed by atoms with van der Waals surface area (Å²) in [5, 5.41) is 6.58. The minimum absolute atomic E-state index is 0. The smallest absolute Gasteiger partial charge is 0.119 e. The molecule has 1 atom stereocenters. The van der Waals surface area contributed by atoms with Crippen LogP contribution in [0.4, 0.5) is 0 Å². The highest BCUT2D eigenvalue weighted by atomic mass is 79.9. The van der Waals surface area contributed by atoms with Crippen molar-refractivity contribution in [2.45, 2.75) is 19.4 Å². The maximum Gasteiger partial charge on any atom is 0.119 e. The average molecular weight is 421 g/mol. The van der Waals surface area contributed by atoms with Crippen LogP contribution in [0.15, 0.2) is 60.7 Å². The zero-order valence-corrected chi connectivity index (χ0v) is 16.9. The van der Waals surface area contributed by atoms with Crippen LogP contribution in [0.3, 0.4) is 0 Å². The number of fused-ring (bicyclic) bond motifs is 1. The lowest BCUT2D eigenvalue weighted by molar-refractivity contribution is 0.290. The number of hydrogen-bond donors (Lipinski definition) is 1. The fourth-order valence-electron chi connectivity index (χ4n) is 3.01. The van der Waals surface area contributed by atoms with Gasteiger partial charge in [-0.2, -0.15) is 0 Å². The van der Waals surface area contributed by atoms with E-state index in [1.165, 1.54) is 21.9 Å². The van der Waals surface area contributed by atoms with Crippen LogP contribution in [0.2, 0.25) is 5.02 Å². The molecule has 0 saturated heterocycles. The Labute approximate surface area is 164 Å². The topological polar surface area (TPSA) is 21.3 Å². The third kappa shape index (κ3) is 4.97. The summed E-state index contributed by atoms with van der Waals surface area (Å²) < 4.78 is 5.97. The molecule has 0 saturated carbocycles. The van der Waals surface area contributed by atoms with Crippen LogP contribution in [0.1, 0.15) is 23.6 Å². The Morgan fingerprint density at radius 1 is 1.04 bits per heavy atom. The van der Waals surface area contributed by atoms with Crippen molar-refractivity contribution in [2.24, 2.45) is 0 Å². The molecule has 3 aromatic carbocycles. The van der Waals surface area contributed by atoms with Gasteiger partial charge in [-0.1, -0.05) is 48.0 Å². The van der Waals surface area contributed by atoms with Crippen molar-refractivity contribution in [3.63, 3.8) is 0 Å². The highest BCUT2D eigenvalue weighted by molar-refractivity contribution is 8.93. The van der Waals surface area contributed by atoms with Crippen molar-refractivity contribution < 1.29 is 4.74 Å². The Morgan fingerprint density at radius 3 is 2.60 bits per heavy atom. The van der Waals surface area contributed by atoms with E-state index in [4.69, 9.17) is 16.3 Å². The number of hydrogen-bond acceptors (Lipinski definition) is 2. The van der Waals surface area contributed by atoms with Crippen molar-refractivity contribution in [2.75, 3.05) is 13.7 Å². The van der Waals surface area contributed by atoms with E-state index >= 15 is 0 Å². The molecule has 0 fully saturated rings. The van der Waals surface area contributed by atoms with Gasteiger partial charge in [0.15, 0.2) is 0 Å². The van der Waals surface area contributed by atoms with Gasteiger partial charge in [-0.25, -0.2) is 0 Å². The molecule has 4 heteroatoms. The van der Waals surface area contributed by atoms with Gasteiger partial charge in [-0.3, -0.25) is 0 Å². The zero-order chi connectivity index (χ0) is 16.9. The normalized spacial score (nSPS) is 11.8. The van der Waals surface area contributed by atoms with Gasteiger partial charge in [0.2, 0.25) is 0 Å². The van der Waals surface area contributed by atoms with Crippen LogP contribution in [0, 0.1) is 6.92 Å². The van der Waals surface area contributed by atoms with E-state index in [0.717, 1.165) is 17.2 Å². The predicted molar refractivity (Wildman–Crippen MR) is 112 cm³/mol. The number of aryl methyl sites for hydroxylation is 1. The molecule has 0 spiro atoms. The average Bonchev–Trinajstić information content (AvgIpc) is 2.59. The van der Waals surface area contributed by atoms with Crippen molar-refractivity contribution in [3.05, 3.63) is 76.8 Å². The molecule has 3 rings (SSSR count). The van der Waals surface area contributed by atoms with Crippen LogP contribution >= 0.6 is 28.6 Å². The summed E-state index contributed by atoms with van der Waals surface area (Å²) >= 11 is 6.09. The van der Waals surface area contributed by atoms with Gasteiger partial charge in [-0.05, 0) is 60.1 Å². The molecule has 2 nitrogen and oxygen atoms in total. The minimum atomic E-state index is 0. The lowest BCUT2D eigenvalue weighted by Crippen LogP contribution is -2.19. The van der Waals surface area contributed by atoms with E-state index in [2.05, 4.69) is 48.6 Å². The molecule has 3 aromatic rings. The maximum atomic E-state index is 6.09. The van der Waals surface area contributed by atoms with Crippen molar-refractivity contribution in [1.82, 2.24) is 5.32 Å². The predicted octanol–water partition coefficient (Wildman–Crippen LogP) is 6.11. The van der Waals surface area contributed by atoms with E-state index in [1.807, 2.05) is 31.3 Å². The first-order valence-electron chi connectivity index (χ1n) is 8.22. The summed E-state index contributed by atoms with van der Waals surface area (Å²) in [6, 6.07) is 20.8. The fraction of sp³-hybridized carbons (Fsp3) is 0.238. The molecule has 0 radical (unpaired) electrons. The van der Waals surface area contributed by atoms with Gasteiger partial charge < -0.3 is 10.1 Å². The second-order valence-corrected chi connectivity index (χ2v) is 6.43. The highest BCUT2D eigenvalue weighted by Gasteiger charge is 2.10. The summed E-state index contributed by atoms with van der Waals surface area (Å²) in [6.07, 6.45) is 0.878. The lowest BCUT2D eigenvalue weighted by atomic mass is 10.0. The summed E-state index contributed by atoms with van der Waals surface area (Å²) in [5.74, 6) is 0.911. The lowest BCUT2D eigenvalue weighted by Gasteiger charge is -2.17. The summed E-state index contributed by atoms with van der Waals surface area (Å²) in [4.78, 5) is 0. The molecule has 0 amide bonds. The monoisotopic (exact) mass is 419 g/mol. The Balaban J connectivity index is 0.00000225. The summed E-state index contributed by atoms with van der Waals surface area (Å²) in [7, 11) is 1.96. The van der Waals surface area contributed by atoms with Crippen LogP contribution in [0.5, 0.6) is 5.75 Å². The van der Waals surface area contributed by atoms with Crippen LogP contribution < -0.4 is 10.1 Å². The molecule has 0 aromatic heterocycles. The van der Waals surface area contributed by atoms with E-state index in [9.17, 15) is 0 Å². The van der Waals surface area contributed by atoms with Crippen LogP contribution in [-0.4, -0.2) is 13.7 Å². The molecule has 0 aliphatic carbocycles.